The molecular formula is C22H36N4O3S. The van der Waals surface area contributed by atoms with Crippen molar-refractivity contribution in [3.05, 3.63) is 29.8 Å². The first-order valence-corrected chi connectivity index (χ1v) is 12.6. The number of sulfonamides is 1. The van der Waals surface area contributed by atoms with Gasteiger partial charge in [-0.3, -0.25) is 4.79 Å². The molecule has 7 nitrogen and oxygen atoms in total. The molecule has 30 heavy (non-hydrogen) atoms. The van der Waals surface area contributed by atoms with Crippen LogP contribution in [0.5, 0.6) is 0 Å². The summed E-state index contributed by atoms with van der Waals surface area (Å²) in [6.07, 6.45) is 4.88. The minimum Gasteiger partial charge on any atom is -0.352 e. The topological polar surface area (TPSA) is 73.0 Å². The second-order valence-electron chi connectivity index (χ2n) is 8.59. The molecule has 2 heterocycles. The van der Waals surface area contributed by atoms with Crippen LogP contribution in [0.2, 0.25) is 0 Å². The van der Waals surface area contributed by atoms with Crippen LogP contribution in [-0.2, 0) is 10.0 Å². The van der Waals surface area contributed by atoms with Crippen molar-refractivity contribution < 1.29 is 13.2 Å². The molecule has 2 fully saturated rings. The summed E-state index contributed by atoms with van der Waals surface area (Å²) < 4.78 is 27.4. The SMILES string of the molecule is CC1CCCCN1S(=O)(=O)c1ccc(C(=O)NCCCCN2CCN(C)CC2)cc1. The first-order valence-electron chi connectivity index (χ1n) is 11.2. The summed E-state index contributed by atoms with van der Waals surface area (Å²) in [5.74, 6) is -0.148. The van der Waals surface area contributed by atoms with Crippen LogP contribution in [0.3, 0.4) is 0 Å². The van der Waals surface area contributed by atoms with E-state index in [1.807, 2.05) is 6.92 Å². The van der Waals surface area contributed by atoms with E-state index in [1.165, 1.54) is 0 Å². The Kier molecular flexibility index (Phi) is 8.27. The van der Waals surface area contributed by atoms with Crippen molar-refractivity contribution >= 4 is 15.9 Å². The van der Waals surface area contributed by atoms with Gasteiger partial charge in [-0.1, -0.05) is 6.42 Å². The maximum Gasteiger partial charge on any atom is 0.251 e. The van der Waals surface area contributed by atoms with Gasteiger partial charge < -0.3 is 15.1 Å². The molecule has 2 aliphatic heterocycles. The van der Waals surface area contributed by atoms with Crippen LogP contribution in [0.15, 0.2) is 29.2 Å². The zero-order valence-corrected chi connectivity index (χ0v) is 19.2. The monoisotopic (exact) mass is 436 g/mol. The van der Waals surface area contributed by atoms with Gasteiger partial charge in [0.25, 0.3) is 5.91 Å². The Morgan fingerprint density at radius 3 is 2.40 bits per heavy atom. The summed E-state index contributed by atoms with van der Waals surface area (Å²) in [4.78, 5) is 17.5. The average molecular weight is 437 g/mol. The number of carbonyl (C=O) groups is 1. The van der Waals surface area contributed by atoms with Crippen LogP contribution in [0.4, 0.5) is 0 Å². The fraction of sp³-hybridized carbons (Fsp3) is 0.682. The number of likely N-dealkylation sites (N-methyl/N-ethyl adjacent to an activating group) is 1. The number of hydrogen-bond donors (Lipinski definition) is 1. The van der Waals surface area contributed by atoms with E-state index in [0.29, 0.717) is 18.7 Å². The molecule has 1 N–H and O–H groups in total. The van der Waals surface area contributed by atoms with Crippen LogP contribution < -0.4 is 5.32 Å². The summed E-state index contributed by atoms with van der Waals surface area (Å²) in [5.41, 5.74) is 0.500. The highest BCUT2D eigenvalue weighted by Gasteiger charge is 2.30. The lowest BCUT2D eigenvalue weighted by Gasteiger charge is -2.32. The van der Waals surface area contributed by atoms with E-state index in [9.17, 15) is 13.2 Å². The maximum absolute atomic E-state index is 12.9. The quantitative estimate of drug-likeness (QED) is 0.631. The van der Waals surface area contributed by atoms with E-state index < -0.39 is 10.0 Å². The molecular weight excluding hydrogens is 400 g/mol. The van der Waals surface area contributed by atoms with Crippen LogP contribution >= 0.6 is 0 Å². The van der Waals surface area contributed by atoms with Gasteiger partial charge in [-0.15, -0.1) is 0 Å². The standard InChI is InChI=1S/C22H36N4O3S/c1-19-7-3-5-14-26(19)30(28,29)21-10-8-20(9-11-21)22(27)23-12-4-6-13-25-17-15-24(2)16-18-25/h8-11,19H,3-7,12-18H2,1-2H3,(H,23,27). The van der Waals surface area contributed by atoms with Gasteiger partial charge in [0.15, 0.2) is 0 Å². The minimum absolute atomic E-state index is 0.0255. The van der Waals surface area contributed by atoms with Crippen molar-refractivity contribution in [3.8, 4) is 0 Å². The summed E-state index contributed by atoms with van der Waals surface area (Å²) in [6.45, 7) is 8.73. The van der Waals surface area contributed by atoms with E-state index in [2.05, 4.69) is 22.2 Å². The van der Waals surface area contributed by atoms with Crippen LogP contribution in [0.25, 0.3) is 0 Å². The highest BCUT2D eigenvalue weighted by Crippen LogP contribution is 2.25. The number of unbranched alkanes of at least 4 members (excludes halogenated alkanes) is 1. The number of amides is 1. The molecule has 2 aliphatic rings. The molecule has 0 aromatic heterocycles. The van der Waals surface area contributed by atoms with E-state index in [1.54, 1.807) is 28.6 Å². The number of rotatable bonds is 8. The molecule has 168 valence electrons. The highest BCUT2D eigenvalue weighted by atomic mass is 32.2. The second-order valence-corrected chi connectivity index (χ2v) is 10.5. The van der Waals surface area contributed by atoms with Crippen LogP contribution in [0, 0.1) is 0 Å². The molecule has 1 aromatic carbocycles. The predicted molar refractivity (Wildman–Crippen MR) is 119 cm³/mol. The Bertz CT molecular complexity index is 789. The Morgan fingerprint density at radius 2 is 1.73 bits per heavy atom. The molecule has 1 aromatic rings. The lowest BCUT2D eigenvalue weighted by Crippen LogP contribution is -2.44. The Morgan fingerprint density at radius 1 is 1.03 bits per heavy atom. The second kappa shape index (κ2) is 10.7. The molecule has 0 aliphatic carbocycles. The molecule has 2 saturated heterocycles. The summed E-state index contributed by atoms with van der Waals surface area (Å²) in [7, 11) is -1.34. The normalized spacial score (nSPS) is 22.1. The number of benzene rings is 1. The van der Waals surface area contributed by atoms with Crippen LogP contribution in [0.1, 0.15) is 49.4 Å². The largest absolute Gasteiger partial charge is 0.352 e. The lowest BCUT2D eigenvalue weighted by atomic mass is 10.1. The van der Waals surface area contributed by atoms with E-state index in [-0.39, 0.29) is 16.8 Å². The van der Waals surface area contributed by atoms with Gasteiger partial charge in [-0.2, -0.15) is 4.31 Å². The Hall–Kier alpha value is -1.48. The fourth-order valence-electron chi connectivity index (χ4n) is 4.18. The molecule has 1 amide bonds. The number of carbonyl (C=O) groups excluding carboxylic acids is 1. The number of nitrogens with zero attached hydrogens (tertiary/aromatic N) is 3. The third-order valence-corrected chi connectivity index (χ3v) is 8.28. The average Bonchev–Trinajstić information content (AvgIpc) is 2.75. The Labute approximate surface area is 181 Å². The first kappa shape index (κ1) is 23.2. The molecule has 8 heteroatoms. The van der Waals surface area contributed by atoms with Crippen molar-refractivity contribution in [2.24, 2.45) is 0 Å². The molecule has 3 rings (SSSR count). The fourth-order valence-corrected chi connectivity index (χ4v) is 5.88. The summed E-state index contributed by atoms with van der Waals surface area (Å²) >= 11 is 0. The van der Waals surface area contributed by atoms with E-state index in [0.717, 1.165) is 64.8 Å². The van der Waals surface area contributed by atoms with Gasteiger partial charge in [0.1, 0.15) is 0 Å². The minimum atomic E-state index is -3.50. The maximum atomic E-state index is 12.9. The molecule has 0 saturated carbocycles. The smallest absolute Gasteiger partial charge is 0.251 e. The molecule has 1 atom stereocenters. The molecule has 1 unspecified atom stereocenters. The van der Waals surface area contributed by atoms with Crippen molar-refractivity contribution in [2.45, 2.75) is 50.0 Å². The van der Waals surface area contributed by atoms with Crippen molar-refractivity contribution in [1.82, 2.24) is 19.4 Å². The summed E-state index contributed by atoms with van der Waals surface area (Å²) in [5, 5.41) is 2.95. The first-order chi connectivity index (χ1) is 14.4. The lowest BCUT2D eigenvalue weighted by molar-refractivity contribution is 0.0951. The van der Waals surface area contributed by atoms with Gasteiger partial charge >= 0.3 is 0 Å². The predicted octanol–water partition coefficient (Wildman–Crippen LogP) is 2.01. The van der Waals surface area contributed by atoms with Crippen molar-refractivity contribution in [2.75, 3.05) is 52.9 Å². The number of nitrogens with one attached hydrogen (secondary N) is 1. The third kappa shape index (κ3) is 6.03. The zero-order chi connectivity index (χ0) is 21.6. The molecule has 0 radical (unpaired) electrons. The van der Waals surface area contributed by atoms with Crippen molar-refractivity contribution in [3.63, 3.8) is 0 Å². The van der Waals surface area contributed by atoms with Crippen molar-refractivity contribution in [1.29, 1.82) is 0 Å². The van der Waals surface area contributed by atoms with Crippen LogP contribution in [-0.4, -0.2) is 87.3 Å². The van der Waals surface area contributed by atoms with Gasteiger partial charge in [-0.05, 0) is 70.5 Å². The highest BCUT2D eigenvalue weighted by molar-refractivity contribution is 7.89. The van der Waals surface area contributed by atoms with E-state index in [4.69, 9.17) is 0 Å². The molecule has 0 spiro atoms. The van der Waals surface area contributed by atoms with Gasteiger partial charge in [-0.25, -0.2) is 8.42 Å². The van der Waals surface area contributed by atoms with Gasteiger partial charge in [0.2, 0.25) is 10.0 Å². The molecule has 0 bridgehead atoms. The number of hydrogen-bond acceptors (Lipinski definition) is 5. The van der Waals surface area contributed by atoms with E-state index >= 15 is 0 Å². The number of piperidine rings is 1. The summed E-state index contributed by atoms with van der Waals surface area (Å²) in [6, 6.07) is 6.36. The number of piperazine rings is 1. The third-order valence-electron chi connectivity index (χ3n) is 6.25. The van der Waals surface area contributed by atoms with Gasteiger partial charge in [0.05, 0.1) is 4.90 Å². The zero-order valence-electron chi connectivity index (χ0n) is 18.3. The van der Waals surface area contributed by atoms with Gasteiger partial charge in [0, 0.05) is 50.9 Å². The Balaban J connectivity index is 1.43.